The SMILES string of the molecule is CN1CCc2cc(CNCc3ccccc3)ccc21. The second-order valence-corrected chi connectivity index (χ2v) is 5.22. The van der Waals surface area contributed by atoms with Crippen LogP contribution in [-0.2, 0) is 19.5 Å². The van der Waals surface area contributed by atoms with Gasteiger partial charge in [-0.1, -0.05) is 42.5 Å². The molecule has 0 amide bonds. The predicted octanol–water partition coefficient (Wildman–Crippen LogP) is 2.97. The molecule has 0 bridgehead atoms. The third-order valence-electron chi connectivity index (χ3n) is 3.77. The van der Waals surface area contributed by atoms with Gasteiger partial charge in [0.05, 0.1) is 0 Å². The fourth-order valence-electron chi connectivity index (χ4n) is 2.68. The lowest BCUT2D eigenvalue weighted by Crippen LogP contribution is -2.13. The topological polar surface area (TPSA) is 15.3 Å². The summed E-state index contributed by atoms with van der Waals surface area (Å²) in [6.07, 6.45) is 1.18. The number of hydrogen-bond acceptors (Lipinski definition) is 2. The van der Waals surface area contributed by atoms with E-state index in [2.05, 4.69) is 65.8 Å². The second kappa shape index (κ2) is 5.45. The third kappa shape index (κ3) is 2.79. The van der Waals surface area contributed by atoms with Crippen molar-refractivity contribution >= 4 is 5.69 Å². The summed E-state index contributed by atoms with van der Waals surface area (Å²) in [6, 6.07) is 17.4. The lowest BCUT2D eigenvalue weighted by molar-refractivity contribution is 0.693. The highest BCUT2D eigenvalue weighted by atomic mass is 15.1. The average molecular weight is 252 g/mol. The van der Waals surface area contributed by atoms with Crippen LogP contribution in [-0.4, -0.2) is 13.6 Å². The molecule has 19 heavy (non-hydrogen) atoms. The number of fused-ring (bicyclic) bond motifs is 1. The first-order chi connectivity index (χ1) is 9.33. The van der Waals surface area contributed by atoms with Crippen molar-refractivity contribution in [2.24, 2.45) is 0 Å². The zero-order valence-electron chi connectivity index (χ0n) is 11.4. The average Bonchev–Trinajstić information content (AvgIpc) is 2.81. The van der Waals surface area contributed by atoms with E-state index in [4.69, 9.17) is 0 Å². The number of likely N-dealkylation sites (N-methyl/N-ethyl adjacent to an activating group) is 1. The van der Waals surface area contributed by atoms with E-state index < -0.39 is 0 Å². The summed E-state index contributed by atoms with van der Waals surface area (Å²) in [5.41, 5.74) is 5.60. The van der Waals surface area contributed by atoms with Gasteiger partial charge < -0.3 is 10.2 Å². The summed E-state index contributed by atoms with van der Waals surface area (Å²) < 4.78 is 0. The van der Waals surface area contributed by atoms with E-state index >= 15 is 0 Å². The maximum Gasteiger partial charge on any atom is 0.0397 e. The number of benzene rings is 2. The normalized spacial score (nSPS) is 13.6. The monoisotopic (exact) mass is 252 g/mol. The third-order valence-corrected chi connectivity index (χ3v) is 3.77. The van der Waals surface area contributed by atoms with Crippen molar-refractivity contribution in [3.8, 4) is 0 Å². The molecule has 2 nitrogen and oxygen atoms in total. The molecule has 0 aliphatic carbocycles. The van der Waals surface area contributed by atoms with E-state index in [0.29, 0.717) is 0 Å². The van der Waals surface area contributed by atoms with Gasteiger partial charge in [0.15, 0.2) is 0 Å². The maximum absolute atomic E-state index is 3.51. The maximum atomic E-state index is 3.51. The van der Waals surface area contributed by atoms with Crippen LogP contribution in [0.25, 0.3) is 0 Å². The molecule has 0 radical (unpaired) electrons. The first-order valence-corrected chi connectivity index (χ1v) is 6.90. The van der Waals surface area contributed by atoms with Crippen LogP contribution in [0.3, 0.4) is 0 Å². The lowest BCUT2D eigenvalue weighted by Gasteiger charge is -2.12. The molecule has 0 unspecified atom stereocenters. The van der Waals surface area contributed by atoms with Gasteiger partial charge in [0, 0.05) is 32.4 Å². The van der Waals surface area contributed by atoms with E-state index in [0.717, 1.165) is 19.6 Å². The number of hydrogen-bond donors (Lipinski definition) is 1. The zero-order valence-corrected chi connectivity index (χ0v) is 11.4. The van der Waals surface area contributed by atoms with E-state index in [1.807, 2.05) is 0 Å². The van der Waals surface area contributed by atoms with E-state index in [1.54, 1.807) is 0 Å². The van der Waals surface area contributed by atoms with Gasteiger partial charge in [-0.2, -0.15) is 0 Å². The van der Waals surface area contributed by atoms with Gasteiger partial charge in [-0.05, 0) is 29.2 Å². The van der Waals surface area contributed by atoms with Gasteiger partial charge in [-0.25, -0.2) is 0 Å². The van der Waals surface area contributed by atoms with Crippen LogP contribution >= 0.6 is 0 Å². The Kier molecular flexibility index (Phi) is 3.51. The van der Waals surface area contributed by atoms with E-state index in [1.165, 1.54) is 28.8 Å². The van der Waals surface area contributed by atoms with Crippen molar-refractivity contribution in [2.45, 2.75) is 19.5 Å². The highest BCUT2D eigenvalue weighted by Gasteiger charge is 2.15. The van der Waals surface area contributed by atoms with Gasteiger partial charge in [0.2, 0.25) is 0 Å². The van der Waals surface area contributed by atoms with Crippen molar-refractivity contribution in [3.63, 3.8) is 0 Å². The molecule has 3 rings (SSSR count). The quantitative estimate of drug-likeness (QED) is 0.900. The lowest BCUT2D eigenvalue weighted by atomic mass is 10.1. The molecule has 0 saturated heterocycles. The predicted molar refractivity (Wildman–Crippen MR) is 80.4 cm³/mol. The highest BCUT2D eigenvalue weighted by Crippen LogP contribution is 2.27. The summed E-state index contributed by atoms with van der Waals surface area (Å²) >= 11 is 0. The van der Waals surface area contributed by atoms with Crippen molar-refractivity contribution in [2.75, 3.05) is 18.5 Å². The molecule has 2 heteroatoms. The van der Waals surface area contributed by atoms with Crippen molar-refractivity contribution in [3.05, 3.63) is 65.2 Å². The molecule has 0 fully saturated rings. The molecule has 0 spiro atoms. The largest absolute Gasteiger partial charge is 0.374 e. The van der Waals surface area contributed by atoms with Gasteiger partial charge in [0.25, 0.3) is 0 Å². The summed E-state index contributed by atoms with van der Waals surface area (Å²) in [5, 5.41) is 3.51. The van der Waals surface area contributed by atoms with Crippen LogP contribution in [0.4, 0.5) is 5.69 Å². The molecule has 1 aliphatic rings. The van der Waals surface area contributed by atoms with Gasteiger partial charge >= 0.3 is 0 Å². The fourth-order valence-corrected chi connectivity index (χ4v) is 2.68. The van der Waals surface area contributed by atoms with Crippen LogP contribution in [0.2, 0.25) is 0 Å². The molecule has 1 N–H and O–H groups in total. The Morgan fingerprint density at radius 1 is 1.00 bits per heavy atom. The molecular formula is C17H20N2. The number of rotatable bonds is 4. The summed E-state index contributed by atoms with van der Waals surface area (Å²) in [6.45, 7) is 3.01. The van der Waals surface area contributed by atoms with Crippen molar-refractivity contribution in [1.82, 2.24) is 5.32 Å². The summed E-state index contributed by atoms with van der Waals surface area (Å²) in [5.74, 6) is 0. The van der Waals surface area contributed by atoms with Gasteiger partial charge in [-0.3, -0.25) is 0 Å². The molecule has 0 aromatic heterocycles. The Morgan fingerprint density at radius 3 is 2.63 bits per heavy atom. The molecule has 2 aromatic rings. The first-order valence-electron chi connectivity index (χ1n) is 6.90. The van der Waals surface area contributed by atoms with E-state index in [9.17, 15) is 0 Å². The van der Waals surface area contributed by atoms with Crippen LogP contribution in [0, 0.1) is 0 Å². The van der Waals surface area contributed by atoms with Crippen LogP contribution < -0.4 is 10.2 Å². The molecular weight excluding hydrogens is 232 g/mol. The molecule has 2 aromatic carbocycles. The Morgan fingerprint density at radius 2 is 1.79 bits per heavy atom. The zero-order chi connectivity index (χ0) is 13.1. The van der Waals surface area contributed by atoms with Gasteiger partial charge in [-0.15, -0.1) is 0 Å². The molecule has 98 valence electrons. The van der Waals surface area contributed by atoms with Crippen LogP contribution in [0.1, 0.15) is 16.7 Å². The Hall–Kier alpha value is -1.80. The molecule has 0 atom stereocenters. The van der Waals surface area contributed by atoms with Crippen LogP contribution in [0.5, 0.6) is 0 Å². The number of nitrogens with one attached hydrogen (secondary N) is 1. The number of anilines is 1. The minimum absolute atomic E-state index is 0.928. The minimum Gasteiger partial charge on any atom is -0.374 e. The van der Waals surface area contributed by atoms with Crippen molar-refractivity contribution in [1.29, 1.82) is 0 Å². The smallest absolute Gasteiger partial charge is 0.0397 e. The first kappa shape index (κ1) is 12.2. The summed E-state index contributed by atoms with van der Waals surface area (Å²) in [7, 11) is 2.17. The minimum atomic E-state index is 0.928. The molecule has 1 aliphatic heterocycles. The standard InChI is InChI=1S/C17H20N2/c1-19-10-9-16-11-15(7-8-17(16)19)13-18-12-14-5-3-2-4-6-14/h2-8,11,18H,9-10,12-13H2,1H3. The second-order valence-electron chi connectivity index (χ2n) is 5.22. The molecule has 1 heterocycles. The highest BCUT2D eigenvalue weighted by molar-refractivity contribution is 5.58. The van der Waals surface area contributed by atoms with Crippen LogP contribution in [0.15, 0.2) is 48.5 Å². The van der Waals surface area contributed by atoms with Gasteiger partial charge in [0.1, 0.15) is 0 Å². The van der Waals surface area contributed by atoms with E-state index in [-0.39, 0.29) is 0 Å². The number of nitrogens with zero attached hydrogens (tertiary/aromatic N) is 1. The van der Waals surface area contributed by atoms with Crippen molar-refractivity contribution < 1.29 is 0 Å². The summed E-state index contributed by atoms with van der Waals surface area (Å²) in [4.78, 5) is 2.33. The Bertz CT molecular complexity index is 548. The Labute approximate surface area is 115 Å². The Balaban J connectivity index is 1.59. The molecule has 0 saturated carbocycles. The fraction of sp³-hybridized carbons (Fsp3) is 0.294.